The van der Waals surface area contributed by atoms with Gasteiger partial charge in [0.1, 0.15) is 0 Å². The second-order valence-corrected chi connectivity index (χ2v) is 7.89. The highest BCUT2D eigenvalue weighted by molar-refractivity contribution is 7.99. The van der Waals surface area contributed by atoms with Crippen LogP contribution in [-0.4, -0.2) is 33.0 Å². The van der Waals surface area contributed by atoms with Crippen molar-refractivity contribution < 1.29 is 9.53 Å². The predicted molar refractivity (Wildman–Crippen MR) is 113 cm³/mol. The van der Waals surface area contributed by atoms with E-state index in [1.807, 2.05) is 53.3 Å². The minimum Gasteiger partial charge on any atom is -0.377 e. The number of amides is 1. The fourth-order valence-electron chi connectivity index (χ4n) is 2.73. The standard InChI is InChI=1S/C20H24N4O2S2/c1-3-24-19(17-10-7-11-27-17)22-23-20(24)28-14-18(25)21-12-15-8-5-6-9-16(15)13-26-4-2/h5-11H,3-4,12-14H2,1-2H3,(H,21,25). The molecule has 28 heavy (non-hydrogen) atoms. The molecule has 0 bridgehead atoms. The third-order valence-corrected chi connectivity index (χ3v) is 6.00. The zero-order chi connectivity index (χ0) is 19.8. The number of thioether (sulfide) groups is 1. The average Bonchev–Trinajstić information content (AvgIpc) is 3.38. The summed E-state index contributed by atoms with van der Waals surface area (Å²) in [5, 5.41) is 14.3. The van der Waals surface area contributed by atoms with Crippen LogP contribution in [0.25, 0.3) is 10.7 Å². The fraction of sp³-hybridized carbons (Fsp3) is 0.350. The topological polar surface area (TPSA) is 69.0 Å². The van der Waals surface area contributed by atoms with Gasteiger partial charge in [-0.25, -0.2) is 0 Å². The van der Waals surface area contributed by atoms with Gasteiger partial charge in [-0.15, -0.1) is 21.5 Å². The number of nitrogens with one attached hydrogen (secondary N) is 1. The number of thiophene rings is 1. The van der Waals surface area contributed by atoms with Gasteiger partial charge >= 0.3 is 0 Å². The lowest BCUT2D eigenvalue weighted by Gasteiger charge is -2.11. The molecule has 0 unspecified atom stereocenters. The number of nitrogens with zero attached hydrogens (tertiary/aromatic N) is 3. The van der Waals surface area contributed by atoms with E-state index in [2.05, 4.69) is 22.4 Å². The van der Waals surface area contributed by atoms with E-state index in [-0.39, 0.29) is 5.91 Å². The van der Waals surface area contributed by atoms with Crippen molar-refractivity contribution in [2.45, 2.75) is 38.7 Å². The summed E-state index contributed by atoms with van der Waals surface area (Å²) in [6, 6.07) is 12.0. The molecule has 1 aromatic carbocycles. The molecule has 148 valence electrons. The van der Waals surface area contributed by atoms with Gasteiger partial charge in [0.15, 0.2) is 11.0 Å². The smallest absolute Gasteiger partial charge is 0.230 e. The Balaban J connectivity index is 1.56. The molecule has 1 amide bonds. The van der Waals surface area contributed by atoms with Gasteiger partial charge in [0.25, 0.3) is 0 Å². The fourth-order valence-corrected chi connectivity index (χ4v) is 4.28. The summed E-state index contributed by atoms with van der Waals surface area (Å²) in [5.74, 6) is 1.13. The molecular weight excluding hydrogens is 392 g/mol. The third-order valence-electron chi connectivity index (χ3n) is 4.16. The molecule has 0 fully saturated rings. The Kier molecular flexibility index (Phi) is 7.64. The highest BCUT2D eigenvalue weighted by atomic mass is 32.2. The number of benzene rings is 1. The Bertz CT molecular complexity index is 894. The quantitative estimate of drug-likeness (QED) is 0.507. The number of hydrogen-bond donors (Lipinski definition) is 1. The monoisotopic (exact) mass is 416 g/mol. The maximum Gasteiger partial charge on any atom is 0.230 e. The largest absolute Gasteiger partial charge is 0.377 e. The summed E-state index contributed by atoms with van der Waals surface area (Å²) in [6.07, 6.45) is 0. The Morgan fingerprint density at radius 2 is 2.00 bits per heavy atom. The molecule has 3 aromatic rings. The van der Waals surface area contributed by atoms with Crippen molar-refractivity contribution in [3.63, 3.8) is 0 Å². The van der Waals surface area contributed by atoms with E-state index in [0.717, 1.165) is 33.5 Å². The maximum absolute atomic E-state index is 12.3. The summed E-state index contributed by atoms with van der Waals surface area (Å²) in [6.45, 7) is 6.50. The minimum absolute atomic E-state index is 0.0282. The first-order chi connectivity index (χ1) is 13.7. The van der Waals surface area contributed by atoms with E-state index in [1.165, 1.54) is 11.8 Å². The van der Waals surface area contributed by atoms with Crippen LogP contribution in [0, 0.1) is 0 Å². The molecular formula is C20H24N4O2S2. The van der Waals surface area contributed by atoms with Crippen LogP contribution < -0.4 is 5.32 Å². The number of hydrogen-bond acceptors (Lipinski definition) is 6. The van der Waals surface area contributed by atoms with Crippen molar-refractivity contribution in [1.82, 2.24) is 20.1 Å². The van der Waals surface area contributed by atoms with Gasteiger partial charge in [-0.05, 0) is 36.4 Å². The number of ether oxygens (including phenoxy) is 1. The van der Waals surface area contributed by atoms with Gasteiger partial charge in [0.05, 0.1) is 17.2 Å². The molecule has 0 aliphatic heterocycles. The van der Waals surface area contributed by atoms with E-state index in [1.54, 1.807) is 11.3 Å². The summed E-state index contributed by atoms with van der Waals surface area (Å²) in [4.78, 5) is 13.4. The van der Waals surface area contributed by atoms with E-state index in [4.69, 9.17) is 4.74 Å². The molecule has 8 heteroatoms. The van der Waals surface area contributed by atoms with Gasteiger partial charge in [-0.2, -0.15) is 0 Å². The molecule has 0 radical (unpaired) electrons. The molecule has 0 spiro atoms. The van der Waals surface area contributed by atoms with Crippen LogP contribution in [0.5, 0.6) is 0 Å². The Morgan fingerprint density at radius 3 is 2.71 bits per heavy atom. The van der Waals surface area contributed by atoms with Crippen LogP contribution in [0.15, 0.2) is 46.9 Å². The van der Waals surface area contributed by atoms with Crippen LogP contribution in [-0.2, 0) is 29.2 Å². The first-order valence-corrected chi connectivity index (χ1v) is 11.1. The SMILES string of the molecule is CCOCc1ccccc1CNC(=O)CSc1nnc(-c2cccs2)n1CC. The Hall–Kier alpha value is -2.16. The van der Waals surface area contributed by atoms with Gasteiger partial charge in [0, 0.05) is 19.7 Å². The predicted octanol–water partition coefficient (Wildman–Crippen LogP) is 3.97. The molecule has 2 aromatic heterocycles. The van der Waals surface area contributed by atoms with Crippen LogP contribution >= 0.6 is 23.1 Å². The molecule has 3 rings (SSSR count). The summed E-state index contributed by atoms with van der Waals surface area (Å²) < 4.78 is 7.54. The van der Waals surface area contributed by atoms with Crippen molar-refractivity contribution in [2.24, 2.45) is 0 Å². The first-order valence-electron chi connectivity index (χ1n) is 9.24. The van der Waals surface area contributed by atoms with E-state index < -0.39 is 0 Å². The van der Waals surface area contributed by atoms with Gasteiger partial charge in [-0.3, -0.25) is 4.79 Å². The number of rotatable bonds is 10. The molecule has 1 N–H and O–H groups in total. The third kappa shape index (κ3) is 5.21. The van der Waals surface area contributed by atoms with Gasteiger partial charge in [-0.1, -0.05) is 42.1 Å². The lowest BCUT2D eigenvalue weighted by molar-refractivity contribution is -0.118. The van der Waals surface area contributed by atoms with Crippen LogP contribution in [0.2, 0.25) is 0 Å². The zero-order valence-electron chi connectivity index (χ0n) is 16.1. The van der Waals surface area contributed by atoms with Crippen LogP contribution in [0.3, 0.4) is 0 Å². The van der Waals surface area contributed by atoms with Gasteiger partial charge < -0.3 is 14.6 Å². The Labute approximate surface area is 173 Å². The second-order valence-electron chi connectivity index (χ2n) is 6.00. The van der Waals surface area contributed by atoms with Crippen LogP contribution in [0.1, 0.15) is 25.0 Å². The molecule has 0 saturated heterocycles. The van der Waals surface area contributed by atoms with E-state index in [9.17, 15) is 4.79 Å². The number of carbonyl (C=O) groups is 1. The Morgan fingerprint density at radius 1 is 1.18 bits per heavy atom. The molecule has 0 aliphatic rings. The van der Waals surface area contributed by atoms with Crippen LogP contribution in [0.4, 0.5) is 0 Å². The van der Waals surface area contributed by atoms with Crippen molar-refractivity contribution in [1.29, 1.82) is 0 Å². The minimum atomic E-state index is -0.0282. The molecule has 6 nitrogen and oxygen atoms in total. The number of aromatic nitrogens is 3. The highest BCUT2D eigenvalue weighted by Crippen LogP contribution is 2.27. The normalized spacial score (nSPS) is 10.9. The van der Waals surface area contributed by atoms with Crippen molar-refractivity contribution in [2.75, 3.05) is 12.4 Å². The van der Waals surface area contributed by atoms with Crippen molar-refractivity contribution in [3.8, 4) is 10.7 Å². The van der Waals surface area contributed by atoms with E-state index >= 15 is 0 Å². The van der Waals surface area contributed by atoms with Gasteiger partial charge in [0.2, 0.25) is 5.91 Å². The second kappa shape index (κ2) is 10.4. The zero-order valence-corrected chi connectivity index (χ0v) is 17.7. The highest BCUT2D eigenvalue weighted by Gasteiger charge is 2.15. The molecule has 2 heterocycles. The van der Waals surface area contributed by atoms with E-state index in [0.29, 0.717) is 25.5 Å². The lowest BCUT2D eigenvalue weighted by Crippen LogP contribution is -2.25. The average molecular weight is 417 g/mol. The summed E-state index contributed by atoms with van der Waals surface area (Å²) in [7, 11) is 0. The molecule has 0 aliphatic carbocycles. The first kappa shape index (κ1) is 20.6. The van der Waals surface area contributed by atoms with Crippen molar-refractivity contribution >= 4 is 29.0 Å². The summed E-state index contributed by atoms with van der Waals surface area (Å²) in [5.41, 5.74) is 2.18. The summed E-state index contributed by atoms with van der Waals surface area (Å²) >= 11 is 3.04. The van der Waals surface area contributed by atoms with Crippen molar-refractivity contribution in [3.05, 3.63) is 52.9 Å². The molecule has 0 atom stereocenters. The maximum atomic E-state index is 12.3. The molecule has 0 saturated carbocycles. The lowest BCUT2D eigenvalue weighted by atomic mass is 10.1. The number of carbonyl (C=O) groups excluding carboxylic acids is 1.